The van der Waals surface area contributed by atoms with Gasteiger partial charge >= 0.3 is 0 Å². The number of carbonyl (C=O) groups is 1. The third-order valence-electron chi connectivity index (χ3n) is 2.69. The van der Waals surface area contributed by atoms with Crippen molar-refractivity contribution in [3.05, 3.63) is 39.6 Å². The summed E-state index contributed by atoms with van der Waals surface area (Å²) in [5, 5.41) is 7.39. The Balaban J connectivity index is 2.26. The van der Waals surface area contributed by atoms with Crippen molar-refractivity contribution in [3.8, 4) is 0 Å². The van der Waals surface area contributed by atoms with Crippen LogP contribution in [0, 0.1) is 6.92 Å². The summed E-state index contributed by atoms with van der Waals surface area (Å²) in [6.07, 6.45) is 0. The molecule has 1 aromatic carbocycles. The van der Waals surface area contributed by atoms with E-state index in [2.05, 4.69) is 10.4 Å². The van der Waals surface area contributed by atoms with E-state index < -0.39 is 0 Å². The third-order valence-corrected chi connectivity index (χ3v) is 3.41. The lowest BCUT2D eigenvalue weighted by atomic mass is 10.2. The number of halogens is 2. The van der Waals surface area contributed by atoms with Crippen molar-refractivity contribution in [1.82, 2.24) is 9.78 Å². The highest BCUT2D eigenvalue weighted by atomic mass is 35.5. The van der Waals surface area contributed by atoms with Gasteiger partial charge in [0.05, 0.1) is 21.4 Å². The number of aryl methyl sites for hydroxylation is 2. The monoisotopic (exact) mass is 298 g/mol. The molecule has 0 fully saturated rings. The summed E-state index contributed by atoms with van der Waals surface area (Å²) >= 11 is 11.7. The van der Waals surface area contributed by atoms with Gasteiger partial charge in [-0.2, -0.15) is 5.10 Å². The molecule has 100 valence electrons. The van der Waals surface area contributed by atoms with Gasteiger partial charge in [0, 0.05) is 12.7 Å². The van der Waals surface area contributed by atoms with E-state index in [1.54, 1.807) is 17.8 Å². The Morgan fingerprint density at radius 3 is 2.53 bits per heavy atom. The molecule has 19 heavy (non-hydrogen) atoms. The van der Waals surface area contributed by atoms with Gasteiger partial charge in [-0.15, -0.1) is 0 Å². The number of nitrogens with two attached hydrogens (primary N) is 1. The van der Waals surface area contributed by atoms with Crippen molar-refractivity contribution < 1.29 is 4.79 Å². The predicted octanol–water partition coefficient (Wildman–Crippen LogP) is 2.87. The standard InChI is InChI=1S/C12H12Cl2N4O/c1-6-3-11(17-18(6)2)12(19)16-10-5-8(14)7(13)4-9(10)15/h3-5H,15H2,1-2H3,(H,16,19). The molecule has 0 bridgehead atoms. The summed E-state index contributed by atoms with van der Waals surface area (Å²) in [7, 11) is 1.76. The Kier molecular flexibility index (Phi) is 3.68. The molecule has 2 aromatic rings. The smallest absolute Gasteiger partial charge is 0.276 e. The molecule has 1 amide bonds. The number of amides is 1. The second-order valence-electron chi connectivity index (χ2n) is 4.10. The van der Waals surface area contributed by atoms with E-state index >= 15 is 0 Å². The summed E-state index contributed by atoms with van der Waals surface area (Å²) in [4.78, 5) is 12.0. The highest BCUT2D eigenvalue weighted by Crippen LogP contribution is 2.30. The zero-order valence-electron chi connectivity index (χ0n) is 10.4. The molecule has 7 heteroatoms. The first-order chi connectivity index (χ1) is 8.88. The number of aromatic nitrogens is 2. The maximum absolute atomic E-state index is 12.0. The van der Waals surface area contributed by atoms with E-state index in [0.717, 1.165) is 5.69 Å². The number of nitrogen functional groups attached to an aromatic ring is 1. The largest absolute Gasteiger partial charge is 0.397 e. The van der Waals surface area contributed by atoms with Crippen molar-refractivity contribution >= 4 is 40.5 Å². The van der Waals surface area contributed by atoms with Crippen LogP contribution in [-0.4, -0.2) is 15.7 Å². The van der Waals surface area contributed by atoms with Crippen molar-refractivity contribution in [2.75, 3.05) is 11.1 Å². The average molecular weight is 299 g/mol. The zero-order valence-corrected chi connectivity index (χ0v) is 11.9. The molecule has 0 saturated heterocycles. The number of rotatable bonds is 2. The minimum Gasteiger partial charge on any atom is -0.397 e. The highest BCUT2D eigenvalue weighted by molar-refractivity contribution is 6.42. The molecule has 3 N–H and O–H groups in total. The Morgan fingerprint density at radius 1 is 1.32 bits per heavy atom. The molecule has 0 aliphatic heterocycles. The topological polar surface area (TPSA) is 72.9 Å². The van der Waals surface area contributed by atoms with E-state index in [0.29, 0.717) is 27.1 Å². The van der Waals surface area contributed by atoms with Gasteiger partial charge in [-0.3, -0.25) is 9.48 Å². The maximum Gasteiger partial charge on any atom is 0.276 e. The number of anilines is 2. The van der Waals surface area contributed by atoms with Crippen molar-refractivity contribution in [3.63, 3.8) is 0 Å². The van der Waals surface area contributed by atoms with Crippen LogP contribution in [0.5, 0.6) is 0 Å². The number of carbonyl (C=O) groups excluding carboxylic acids is 1. The number of hydrogen-bond acceptors (Lipinski definition) is 3. The van der Waals surface area contributed by atoms with Crippen LogP contribution >= 0.6 is 23.2 Å². The molecule has 0 saturated carbocycles. The second kappa shape index (κ2) is 5.11. The van der Waals surface area contributed by atoms with Gasteiger partial charge < -0.3 is 11.1 Å². The second-order valence-corrected chi connectivity index (χ2v) is 4.92. The molecule has 2 rings (SSSR count). The van der Waals surface area contributed by atoms with Crippen LogP contribution in [0.3, 0.4) is 0 Å². The first-order valence-electron chi connectivity index (χ1n) is 5.45. The molecule has 0 aliphatic rings. The maximum atomic E-state index is 12.0. The minimum absolute atomic E-state index is 0.311. The van der Waals surface area contributed by atoms with Crippen LogP contribution < -0.4 is 11.1 Å². The van der Waals surface area contributed by atoms with Crippen molar-refractivity contribution in [1.29, 1.82) is 0 Å². The fourth-order valence-electron chi connectivity index (χ4n) is 1.53. The van der Waals surface area contributed by atoms with E-state index in [4.69, 9.17) is 28.9 Å². The van der Waals surface area contributed by atoms with Gasteiger partial charge in [-0.1, -0.05) is 23.2 Å². The summed E-state index contributed by atoms with van der Waals surface area (Å²) in [5.74, 6) is -0.353. The van der Waals surface area contributed by atoms with Crippen LogP contribution in [0.15, 0.2) is 18.2 Å². The lowest BCUT2D eigenvalue weighted by Crippen LogP contribution is -2.14. The molecule has 5 nitrogen and oxygen atoms in total. The fourth-order valence-corrected chi connectivity index (χ4v) is 1.86. The molecule has 0 spiro atoms. The van der Waals surface area contributed by atoms with E-state index in [1.165, 1.54) is 12.1 Å². The quantitative estimate of drug-likeness (QED) is 0.837. The average Bonchev–Trinajstić information content (AvgIpc) is 2.67. The van der Waals surface area contributed by atoms with Crippen LogP contribution in [0.4, 0.5) is 11.4 Å². The Bertz CT molecular complexity index is 632. The Hall–Kier alpha value is -1.72. The lowest BCUT2D eigenvalue weighted by Gasteiger charge is -2.08. The number of nitrogens with one attached hydrogen (secondary N) is 1. The Labute approximate surface area is 120 Å². The van der Waals surface area contributed by atoms with Crippen LogP contribution in [0.2, 0.25) is 10.0 Å². The van der Waals surface area contributed by atoms with Gasteiger partial charge in [0.15, 0.2) is 5.69 Å². The summed E-state index contributed by atoms with van der Waals surface area (Å²) in [6, 6.07) is 4.68. The summed E-state index contributed by atoms with van der Waals surface area (Å²) in [5.41, 5.74) is 7.71. The van der Waals surface area contributed by atoms with E-state index in [1.807, 2.05) is 6.92 Å². The van der Waals surface area contributed by atoms with Crippen LogP contribution in [-0.2, 0) is 7.05 Å². The SMILES string of the molecule is Cc1cc(C(=O)Nc2cc(Cl)c(Cl)cc2N)nn1C. The molecule has 0 atom stereocenters. The van der Waals surface area contributed by atoms with Gasteiger partial charge in [0.1, 0.15) is 0 Å². The summed E-state index contributed by atoms with van der Waals surface area (Å²) in [6.45, 7) is 1.86. The van der Waals surface area contributed by atoms with Crippen molar-refractivity contribution in [2.24, 2.45) is 7.05 Å². The van der Waals surface area contributed by atoms with Crippen molar-refractivity contribution in [2.45, 2.75) is 6.92 Å². The highest BCUT2D eigenvalue weighted by Gasteiger charge is 2.13. The predicted molar refractivity (Wildman–Crippen MR) is 76.8 cm³/mol. The number of hydrogen-bond donors (Lipinski definition) is 2. The first kappa shape index (κ1) is 13.7. The normalized spacial score (nSPS) is 10.5. The number of nitrogens with zero attached hydrogens (tertiary/aromatic N) is 2. The molecule has 0 aliphatic carbocycles. The lowest BCUT2D eigenvalue weighted by molar-refractivity contribution is 0.102. The molecule has 0 radical (unpaired) electrons. The van der Waals surface area contributed by atoms with Gasteiger partial charge in [0.25, 0.3) is 5.91 Å². The number of benzene rings is 1. The fraction of sp³-hybridized carbons (Fsp3) is 0.167. The van der Waals surface area contributed by atoms with Gasteiger partial charge in [-0.05, 0) is 25.1 Å². The molecular formula is C12H12Cl2N4O. The summed E-state index contributed by atoms with van der Waals surface area (Å²) < 4.78 is 1.62. The van der Waals surface area contributed by atoms with Gasteiger partial charge in [0.2, 0.25) is 0 Å². The van der Waals surface area contributed by atoms with Gasteiger partial charge in [-0.25, -0.2) is 0 Å². The third kappa shape index (κ3) is 2.83. The molecule has 1 aromatic heterocycles. The molecular weight excluding hydrogens is 287 g/mol. The molecule has 0 unspecified atom stereocenters. The van der Waals surface area contributed by atoms with Crippen LogP contribution in [0.25, 0.3) is 0 Å². The first-order valence-corrected chi connectivity index (χ1v) is 6.20. The van der Waals surface area contributed by atoms with E-state index in [9.17, 15) is 4.79 Å². The molecule has 1 heterocycles. The van der Waals surface area contributed by atoms with Crippen LogP contribution in [0.1, 0.15) is 16.2 Å². The zero-order chi connectivity index (χ0) is 14.2. The minimum atomic E-state index is -0.353. The Morgan fingerprint density at radius 2 is 1.95 bits per heavy atom. The van der Waals surface area contributed by atoms with E-state index in [-0.39, 0.29) is 5.91 Å².